The van der Waals surface area contributed by atoms with Gasteiger partial charge in [0.1, 0.15) is 22.4 Å². The zero-order valence-corrected chi connectivity index (χ0v) is 18.7. The molecule has 0 aliphatic carbocycles. The molecule has 4 rings (SSSR count). The van der Waals surface area contributed by atoms with Crippen LogP contribution in [0.15, 0.2) is 41.3 Å². The molecule has 0 unspecified atom stereocenters. The van der Waals surface area contributed by atoms with Gasteiger partial charge in [-0.2, -0.15) is 0 Å². The van der Waals surface area contributed by atoms with Gasteiger partial charge in [-0.05, 0) is 41.8 Å². The number of nitrogens with one attached hydrogen (secondary N) is 1. The molecule has 1 aromatic carbocycles. The number of nitrogens with two attached hydrogens (primary N) is 1. The topological polar surface area (TPSA) is 126 Å². The Morgan fingerprint density at radius 3 is 2.65 bits per heavy atom. The van der Waals surface area contributed by atoms with E-state index in [1.165, 1.54) is 11.2 Å². The zero-order valence-electron chi connectivity index (χ0n) is 17.1. The van der Waals surface area contributed by atoms with E-state index in [1.807, 2.05) is 48.7 Å². The van der Waals surface area contributed by atoms with Gasteiger partial charge in [0.2, 0.25) is 0 Å². The molecule has 10 heteroatoms. The Morgan fingerprint density at radius 2 is 2.00 bits per heavy atom. The largest absolute Gasteiger partial charge is 0.465 e. The Kier molecular flexibility index (Phi) is 5.57. The number of carbonyl (C=O) groups excluding carboxylic acids is 1. The molecular weight excluding hydrogens is 464 g/mol. The van der Waals surface area contributed by atoms with Gasteiger partial charge in [0.05, 0.1) is 23.0 Å². The van der Waals surface area contributed by atoms with E-state index in [0.29, 0.717) is 34.2 Å². The van der Waals surface area contributed by atoms with Crippen molar-refractivity contribution >= 4 is 44.8 Å². The second-order valence-corrected chi connectivity index (χ2v) is 8.52. The lowest BCUT2D eigenvalue weighted by atomic mass is 10.1. The molecule has 2 amide bonds. The first-order chi connectivity index (χ1) is 14.8. The van der Waals surface area contributed by atoms with Crippen LogP contribution in [-0.4, -0.2) is 49.1 Å². The van der Waals surface area contributed by atoms with Gasteiger partial charge in [0.25, 0.3) is 5.91 Å². The van der Waals surface area contributed by atoms with E-state index in [1.54, 1.807) is 0 Å². The molecule has 0 radical (unpaired) electrons. The first-order valence-corrected chi connectivity index (χ1v) is 10.7. The number of likely N-dealkylation sites (tertiary alicyclic amines) is 1. The second kappa shape index (κ2) is 8.18. The third-order valence-electron chi connectivity index (χ3n) is 5.79. The third-order valence-corrected chi connectivity index (χ3v) is 6.57. The Labute approximate surface area is 187 Å². The van der Waals surface area contributed by atoms with Crippen molar-refractivity contribution in [2.45, 2.75) is 38.4 Å². The van der Waals surface area contributed by atoms with Crippen LogP contribution in [0.5, 0.6) is 0 Å². The summed E-state index contributed by atoms with van der Waals surface area (Å²) in [6.45, 7) is 4.07. The van der Waals surface area contributed by atoms with Crippen LogP contribution in [0.4, 0.5) is 10.6 Å². The van der Waals surface area contributed by atoms with Gasteiger partial charge in [-0.1, -0.05) is 30.3 Å². The minimum absolute atomic E-state index is 0.151. The molecule has 3 heterocycles. The number of hydrogen-bond acceptors (Lipinski definition) is 5. The highest BCUT2D eigenvalue weighted by atomic mass is 79.9. The summed E-state index contributed by atoms with van der Waals surface area (Å²) in [5.41, 5.74) is 7.97. The van der Waals surface area contributed by atoms with Gasteiger partial charge in [-0.3, -0.25) is 4.79 Å². The number of carboxylic acid groups (broad SMARTS) is 1. The number of fused-ring (bicyclic) bond motifs is 1. The molecule has 1 saturated heterocycles. The number of aromatic nitrogens is 3. The molecule has 1 fully saturated rings. The number of hydrogen-bond donors (Lipinski definition) is 3. The van der Waals surface area contributed by atoms with E-state index in [-0.39, 0.29) is 29.9 Å². The number of benzene rings is 1. The van der Waals surface area contributed by atoms with E-state index in [4.69, 9.17) is 5.73 Å². The van der Waals surface area contributed by atoms with Crippen molar-refractivity contribution in [1.82, 2.24) is 24.8 Å². The number of anilines is 1. The van der Waals surface area contributed by atoms with Crippen LogP contribution in [0.25, 0.3) is 11.0 Å². The summed E-state index contributed by atoms with van der Waals surface area (Å²) in [6, 6.07) is 9.08. The molecule has 3 aromatic rings. The monoisotopic (exact) mass is 486 g/mol. The molecule has 0 saturated carbocycles. The van der Waals surface area contributed by atoms with E-state index in [9.17, 15) is 14.7 Å². The molecule has 1 aliphatic heterocycles. The summed E-state index contributed by atoms with van der Waals surface area (Å²) < 4.78 is 2.37. The van der Waals surface area contributed by atoms with Gasteiger partial charge in [-0.15, -0.1) is 0 Å². The lowest BCUT2D eigenvalue weighted by Gasteiger charge is -2.17. The smallest absolute Gasteiger partial charge is 0.407 e. The summed E-state index contributed by atoms with van der Waals surface area (Å²) >= 11 is 3.58. The van der Waals surface area contributed by atoms with Crippen LogP contribution < -0.4 is 11.1 Å². The summed E-state index contributed by atoms with van der Waals surface area (Å²) in [4.78, 5) is 34.7. The normalized spacial score (nSPS) is 19.5. The highest BCUT2D eigenvalue weighted by molar-refractivity contribution is 9.10. The van der Waals surface area contributed by atoms with Gasteiger partial charge < -0.3 is 25.6 Å². The second-order valence-electron chi connectivity index (χ2n) is 7.77. The van der Waals surface area contributed by atoms with Crippen molar-refractivity contribution in [1.29, 1.82) is 0 Å². The lowest BCUT2D eigenvalue weighted by molar-refractivity contribution is 0.0940. The molecule has 2 aromatic heterocycles. The highest BCUT2D eigenvalue weighted by Gasteiger charge is 2.37. The number of nitrogens with zero attached hydrogens (tertiary/aromatic N) is 4. The molecule has 162 valence electrons. The number of carbonyl (C=O) groups is 2. The molecular formula is C21H23BrN6O3. The average molecular weight is 487 g/mol. The fraction of sp³-hybridized carbons (Fsp3) is 0.333. The summed E-state index contributed by atoms with van der Waals surface area (Å²) in [6.07, 6.45) is 0.980. The third kappa shape index (κ3) is 3.71. The Balaban J connectivity index is 1.75. The van der Waals surface area contributed by atoms with E-state index < -0.39 is 6.09 Å². The van der Waals surface area contributed by atoms with Gasteiger partial charge >= 0.3 is 6.09 Å². The zero-order chi connectivity index (χ0) is 22.3. The minimum atomic E-state index is -0.966. The molecule has 3 atom stereocenters. The maximum Gasteiger partial charge on any atom is 0.407 e. The van der Waals surface area contributed by atoms with Gasteiger partial charge in [0.15, 0.2) is 0 Å². The van der Waals surface area contributed by atoms with E-state index in [2.05, 4.69) is 31.2 Å². The van der Waals surface area contributed by atoms with Crippen molar-refractivity contribution in [3.05, 3.63) is 52.4 Å². The van der Waals surface area contributed by atoms with Gasteiger partial charge in [-0.25, -0.2) is 14.8 Å². The Hall–Kier alpha value is -3.14. The Morgan fingerprint density at radius 1 is 1.29 bits per heavy atom. The van der Waals surface area contributed by atoms with Crippen LogP contribution in [-0.2, 0) is 0 Å². The number of amides is 2. The molecule has 4 N–H and O–H groups in total. The van der Waals surface area contributed by atoms with Crippen LogP contribution in [0.2, 0.25) is 0 Å². The Bertz CT molecular complexity index is 1150. The highest BCUT2D eigenvalue weighted by Crippen LogP contribution is 2.39. The van der Waals surface area contributed by atoms with Crippen molar-refractivity contribution < 1.29 is 14.7 Å². The SMILES string of the molecule is C[C@@H](NC(=O)c1c(Br)n([C@@H]2C[C@H](C)N(C(=O)O)C2)c2ncnc(N)c12)c1ccccc1. The number of rotatable bonds is 4. The maximum absolute atomic E-state index is 13.3. The van der Waals surface area contributed by atoms with E-state index in [0.717, 1.165) is 5.56 Å². The molecule has 9 nitrogen and oxygen atoms in total. The molecule has 0 spiro atoms. The number of halogens is 1. The standard InChI is InChI=1S/C21H23BrN6O3/c1-11-8-14(9-27(11)21(30)31)28-17(22)15(16-18(23)24-10-25-19(16)28)20(29)26-12(2)13-6-4-3-5-7-13/h3-7,10-12,14H,8-9H2,1-2H3,(H,26,29)(H,30,31)(H2,23,24,25)/t11-,12+,14+/m0/s1. The molecule has 0 bridgehead atoms. The lowest BCUT2D eigenvalue weighted by Crippen LogP contribution is -2.32. The quantitative estimate of drug-likeness (QED) is 0.517. The van der Waals surface area contributed by atoms with Crippen LogP contribution in [0.3, 0.4) is 0 Å². The fourth-order valence-electron chi connectivity index (χ4n) is 4.22. The average Bonchev–Trinajstić information content (AvgIpc) is 3.26. The fourth-order valence-corrected chi connectivity index (χ4v) is 5.05. The first kappa shape index (κ1) is 21.1. The number of nitrogen functional groups attached to an aromatic ring is 1. The predicted octanol–water partition coefficient (Wildman–Crippen LogP) is 3.58. The maximum atomic E-state index is 13.3. The van der Waals surface area contributed by atoms with Crippen molar-refractivity contribution in [3.63, 3.8) is 0 Å². The summed E-state index contributed by atoms with van der Waals surface area (Å²) in [5.74, 6) is -0.113. The van der Waals surface area contributed by atoms with Crippen molar-refractivity contribution in [3.8, 4) is 0 Å². The predicted molar refractivity (Wildman–Crippen MR) is 120 cm³/mol. The van der Waals surface area contributed by atoms with Gasteiger partial charge in [0, 0.05) is 12.6 Å². The van der Waals surface area contributed by atoms with Crippen LogP contribution in [0.1, 0.15) is 48.3 Å². The van der Waals surface area contributed by atoms with Crippen LogP contribution in [0, 0.1) is 0 Å². The van der Waals surface area contributed by atoms with Crippen molar-refractivity contribution in [2.24, 2.45) is 0 Å². The summed E-state index contributed by atoms with van der Waals surface area (Å²) in [5, 5.41) is 12.9. The molecule has 1 aliphatic rings. The van der Waals surface area contributed by atoms with Crippen molar-refractivity contribution in [2.75, 3.05) is 12.3 Å². The van der Waals surface area contributed by atoms with E-state index >= 15 is 0 Å². The summed E-state index contributed by atoms with van der Waals surface area (Å²) in [7, 11) is 0. The first-order valence-electron chi connectivity index (χ1n) is 9.94. The minimum Gasteiger partial charge on any atom is -0.465 e. The molecule has 31 heavy (non-hydrogen) atoms. The van der Waals surface area contributed by atoms with Crippen LogP contribution >= 0.6 is 15.9 Å².